The smallest absolute Gasteiger partial charge is 0.471 e. The molecule has 3 rings (SSSR count). The SMILES string of the molecule is COc1ccc(CCCNC(=O)C(F)(F)F)cc1Nc1ncc(Cl)c(Nc2ccccc2S(=O)(=O)C(C)C)n1. The van der Waals surface area contributed by atoms with Crippen LogP contribution < -0.4 is 20.7 Å². The second-order valence-electron chi connectivity index (χ2n) is 8.62. The van der Waals surface area contributed by atoms with Gasteiger partial charge in [0.15, 0.2) is 15.7 Å². The molecule has 0 fully saturated rings. The molecule has 0 saturated heterocycles. The minimum atomic E-state index is -4.92. The predicted octanol–water partition coefficient (Wildman–Crippen LogP) is 5.42. The maximum Gasteiger partial charge on any atom is 0.471 e. The van der Waals surface area contributed by atoms with Gasteiger partial charge in [-0.05, 0) is 56.5 Å². The molecule has 3 aromatic rings. The van der Waals surface area contributed by atoms with Gasteiger partial charge in [-0.3, -0.25) is 4.79 Å². The number of aryl methyl sites for hydroxylation is 1. The van der Waals surface area contributed by atoms with Crippen molar-refractivity contribution in [2.45, 2.75) is 43.0 Å². The van der Waals surface area contributed by atoms with E-state index >= 15 is 0 Å². The van der Waals surface area contributed by atoms with Crippen molar-refractivity contribution in [3.8, 4) is 5.75 Å². The van der Waals surface area contributed by atoms with E-state index in [1.807, 2.05) is 5.32 Å². The lowest BCUT2D eigenvalue weighted by atomic mass is 10.1. The first-order chi connectivity index (χ1) is 18.3. The molecule has 14 heteroatoms. The summed E-state index contributed by atoms with van der Waals surface area (Å²) in [6, 6.07) is 11.5. The molecule has 0 radical (unpaired) electrons. The van der Waals surface area contributed by atoms with Gasteiger partial charge in [0, 0.05) is 6.54 Å². The number of halogens is 4. The van der Waals surface area contributed by atoms with Crippen molar-refractivity contribution in [3.05, 3.63) is 59.2 Å². The summed E-state index contributed by atoms with van der Waals surface area (Å²) in [5.41, 5.74) is 1.54. The van der Waals surface area contributed by atoms with Crippen LogP contribution in [0.3, 0.4) is 0 Å². The first-order valence-corrected chi connectivity index (χ1v) is 13.7. The van der Waals surface area contributed by atoms with Crippen molar-refractivity contribution >= 4 is 50.5 Å². The van der Waals surface area contributed by atoms with Crippen molar-refractivity contribution in [1.29, 1.82) is 0 Å². The molecule has 2 aromatic carbocycles. The van der Waals surface area contributed by atoms with Crippen LogP contribution in [0.15, 0.2) is 53.6 Å². The molecule has 9 nitrogen and oxygen atoms in total. The highest BCUT2D eigenvalue weighted by Gasteiger charge is 2.38. The summed E-state index contributed by atoms with van der Waals surface area (Å²) in [7, 11) is -2.13. The quantitative estimate of drug-likeness (QED) is 0.255. The first kappa shape index (κ1) is 30.0. The fourth-order valence-corrected chi connectivity index (χ4v) is 4.78. The number of para-hydroxylation sites is 1. The number of amides is 1. The summed E-state index contributed by atoms with van der Waals surface area (Å²) < 4.78 is 68.0. The molecule has 3 N–H and O–H groups in total. The van der Waals surface area contributed by atoms with E-state index in [0.29, 0.717) is 23.5 Å². The highest BCUT2D eigenvalue weighted by atomic mass is 35.5. The number of carbonyl (C=O) groups excluding carboxylic acids is 1. The number of methoxy groups -OCH3 is 1. The third-order valence-electron chi connectivity index (χ3n) is 5.51. The Labute approximate surface area is 229 Å². The van der Waals surface area contributed by atoms with Gasteiger partial charge in [0.05, 0.1) is 34.8 Å². The van der Waals surface area contributed by atoms with E-state index in [4.69, 9.17) is 16.3 Å². The van der Waals surface area contributed by atoms with Crippen LogP contribution in [0.1, 0.15) is 25.8 Å². The molecule has 1 aromatic heterocycles. The Hall–Kier alpha value is -3.58. The summed E-state index contributed by atoms with van der Waals surface area (Å²) in [4.78, 5) is 19.6. The average Bonchev–Trinajstić information content (AvgIpc) is 2.88. The molecule has 0 aliphatic carbocycles. The second kappa shape index (κ2) is 12.5. The standard InChI is InChI=1S/C25H27ClF3N5O4S/c1-15(2)39(36,37)21-9-5-4-8-18(21)32-22-17(26)14-31-24(34-22)33-19-13-16(10-11-20(19)38-3)7-6-12-30-23(35)25(27,28)29/h4-5,8-11,13-15H,6-7,12H2,1-3H3,(H,30,35)(H2,31,32,33,34). The summed E-state index contributed by atoms with van der Waals surface area (Å²) >= 11 is 6.29. The van der Waals surface area contributed by atoms with Crippen molar-refractivity contribution in [2.75, 3.05) is 24.3 Å². The number of hydrogen-bond donors (Lipinski definition) is 3. The molecule has 210 valence electrons. The van der Waals surface area contributed by atoms with E-state index in [2.05, 4.69) is 20.6 Å². The Morgan fingerprint density at radius 2 is 1.82 bits per heavy atom. The lowest BCUT2D eigenvalue weighted by Gasteiger charge is -2.16. The van der Waals surface area contributed by atoms with Gasteiger partial charge in [-0.1, -0.05) is 29.8 Å². The van der Waals surface area contributed by atoms with Gasteiger partial charge in [0.25, 0.3) is 0 Å². The molecule has 0 saturated carbocycles. The number of nitrogens with one attached hydrogen (secondary N) is 3. The molecule has 0 atom stereocenters. The molecular weight excluding hydrogens is 559 g/mol. The Bertz CT molecular complexity index is 1440. The number of benzene rings is 2. The maximum absolute atomic E-state index is 12.8. The van der Waals surface area contributed by atoms with E-state index < -0.39 is 27.2 Å². The molecule has 0 bridgehead atoms. The van der Waals surface area contributed by atoms with Gasteiger partial charge in [0.1, 0.15) is 10.8 Å². The van der Waals surface area contributed by atoms with E-state index in [1.54, 1.807) is 50.2 Å². The Morgan fingerprint density at radius 3 is 2.49 bits per heavy atom. The topological polar surface area (TPSA) is 122 Å². The predicted molar refractivity (Wildman–Crippen MR) is 143 cm³/mol. The zero-order valence-electron chi connectivity index (χ0n) is 21.3. The summed E-state index contributed by atoms with van der Waals surface area (Å²) in [5.74, 6) is -1.24. The van der Waals surface area contributed by atoms with Crippen molar-refractivity contribution in [3.63, 3.8) is 0 Å². The first-order valence-electron chi connectivity index (χ1n) is 11.7. The fraction of sp³-hybridized carbons (Fsp3) is 0.320. The number of ether oxygens (including phenoxy) is 1. The lowest BCUT2D eigenvalue weighted by Crippen LogP contribution is -2.37. The Kier molecular flexibility index (Phi) is 9.62. The number of aromatic nitrogens is 2. The van der Waals surface area contributed by atoms with Gasteiger partial charge in [-0.15, -0.1) is 0 Å². The number of nitrogens with zero attached hydrogens (tertiary/aromatic N) is 2. The van der Waals surface area contributed by atoms with Crippen LogP contribution in [0.4, 0.5) is 36.3 Å². The molecule has 39 heavy (non-hydrogen) atoms. The second-order valence-corrected chi connectivity index (χ2v) is 11.5. The van der Waals surface area contributed by atoms with Gasteiger partial charge in [-0.25, -0.2) is 13.4 Å². The van der Waals surface area contributed by atoms with Crippen LogP contribution in [-0.2, 0) is 21.1 Å². The van der Waals surface area contributed by atoms with E-state index in [-0.39, 0.29) is 34.6 Å². The zero-order valence-corrected chi connectivity index (χ0v) is 22.8. The molecule has 0 aliphatic heterocycles. The van der Waals surface area contributed by atoms with Gasteiger partial charge >= 0.3 is 12.1 Å². The van der Waals surface area contributed by atoms with Gasteiger partial charge in [0.2, 0.25) is 5.95 Å². The van der Waals surface area contributed by atoms with Crippen molar-refractivity contribution in [2.24, 2.45) is 0 Å². The average molecular weight is 586 g/mol. The van der Waals surface area contributed by atoms with Crippen LogP contribution in [0, 0.1) is 0 Å². The number of alkyl halides is 3. The van der Waals surface area contributed by atoms with E-state index in [0.717, 1.165) is 5.56 Å². The molecular formula is C25H27ClF3N5O4S. The molecule has 1 heterocycles. The van der Waals surface area contributed by atoms with Crippen LogP contribution >= 0.6 is 11.6 Å². The molecule has 0 spiro atoms. The van der Waals surface area contributed by atoms with Crippen LogP contribution in [0.5, 0.6) is 5.75 Å². The van der Waals surface area contributed by atoms with Crippen LogP contribution in [0.2, 0.25) is 5.02 Å². The maximum atomic E-state index is 12.8. The largest absolute Gasteiger partial charge is 0.495 e. The summed E-state index contributed by atoms with van der Waals surface area (Å²) in [6.45, 7) is 3.04. The Morgan fingerprint density at radius 1 is 1.10 bits per heavy atom. The minimum absolute atomic E-state index is 0.102. The molecule has 1 amide bonds. The van der Waals surface area contributed by atoms with Crippen LogP contribution in [-0.4, -0.2) is 49.4 Å². The van der Waals surface area contributed by atoms with Gasteiger partial charge < -0.3 is 20.7 Å². The summed E-state index contributed by atoms with van der Waals surface area (Å²) in [6.07, 6.45) is -2.92. The highest BCUT2D eigenvalue weighted by Crippen LogP contribution is 2.32. The summed E-state index contributed by atoms with van der Waals surface area (Å²) in [5, 5.41) is 7.35. The van der Waals surface area contributed by atoms with Gasteiger partial charge in [-0.2, -0.15) is 18.2 Å². The Balaban J connectivity index is 1.79. The van der Waals surface area contributed by atoms with Crippen molar-refractivity contribution in [1.82, 2.24) is 15.3 Å². The van der Waals surface area contributed by atoms with E-state index in [9.17, 15) is 26.4 Å². The normalized spacial score (nSPS) is 11.8. The monoisotopic (exact) mass is 585 g/mol. The number of rotatable bonds is 11. The number of hydrogen-bond acceptors (Lipinski definition) is 8. The van der Waals surface area contributed by atoms with E-state index in [1.165, 1.54) is 19.4 Å². The minimum Gasteiger partial charge on any atom is -0.495 e. The number of carbonyl (C=O) groups is 1. The van der Waals surface area contributed by atoms with Crippen LogP contribution in [0.25, 0.3) is 0 Å². The third-order valence-corrected chi connectivity index (χ3v) is 7.99. The molecule has 0 unspecified atom stereocenters. The fourth-order valence-electron chi connectivity index (χ4n) is 3.44. The number of anilines is 4. The van der Waals surface area contributed by atoms with Crippen molar-refractivity contribution < 1.29 is 31.1 Å². The number of sulfone groups is 1. The highest BCUT2D eigenvalue weighted by molar-refractivity contribution is 7.92. The third kappa shape index (κ3) is 7.73. The zero-order chi connectivity index (χ0) is 28.8. The molecule has 0 aliphatic rings. The lowest BCUT2D eigenvalue weighted by molar-refractivity contribution is -0.173.